The fourth-order valence-corrected chi connectivity index (χ4v) is 2.74. The zero-order valence-electron chi connectivity index (χ0n) is 9.89. The Morgan fingerprint density at radius 3 is 2.83 bits per heavy atom. The Kier molecular flexibility index (Phi) is 4.55. The molecular weight excluding hydrogens is 272 g/mol. The predicted molar refractivity (Wildman–Crippen MR) is 73.5 cm³/mol. The first kappa shape index (κ1) is 13.3. The van der Waals surface area contributed by atoms with Gasteiger partial charge in [-0.25, -0.2) is 0 Å². The van der Waals surface area contributed by atoms with Crippen LogP contribution in [0, 0.1) is 0 Å². The summed E-state index contributed by atoms with van der Waals surface area (Å²) in [4.78, 5) is 12.0. The minimum Gasteiger partial charge on any atom is -0.497 e. The molecule has 1 heterocycles. The van der Waals surface area contributed by atoms with Crippen LogP contribution in [-0.2, 0) is 4.74 Å². The molecule has 0 radical (unpaired) electrons. The SMILES string of the molecule is COc1ccc(C(=O)/C=C2/OC(CCl)CS2)cc1. The van der Waals surface area contributed by atoms with Crippen LogP contribution in [0.3, 0.4) is 0 Å². The van der Waals surface area contributed by atoms with E-state index in [0.29, 0.717) is 16.5 Å². The lowest BCUT2D eigenvalue weighted by atomic mass is 10.1. The molecule has 0 spiro atoms. The topological polar surface area (TPSA) is 35.5 Å². The number of methoxy groups -OCH3 is 1. The number of ether oxygens (including phenoxy) is 2. The van der Waals surface area contributed by atoms with Gasteiger partial charge in [0.05, 0.1) is 13.0 Å². The summed E-state index contributed by atoms with van der Waals surface area (Å²) in [6, 6.07) is 6.99. The average molecular weight is 285 g/mol. The second-order valence-corrected chi connectivity index (χ2v) is 5.09. The maximum absolute atomic E-state index is 12.0. The third-order valence-electron chi connectivity index (χ3n) is 2.49. The van der Waals surface area contributed by atoms with Crippen molar-refractivity contribution in [2.45, 2.75) is 6.10 Å². The van der Waals surface area contributed by atoms with Crippen LogP contribution in [0.2, 0.25) is 0 Å². The number of alkyl halides is 1. The lowest BCUT2D eigenvalue weighted by Gasteiger charge is -2.04. The van der Waals surface area contributed by atoms with E-state index in [1.807, 2.05) is 0 Å². The summed E-state index contributed by atoms with van der Waals surface area (Å²) in [6.07, 6.45) is 1.52. The highest BCUT2D eigenvalue weighted by Crippen LogP contribution is 2.29. The van der Waals surface area contributed by atoms with Gasteiger partial charge in [-0.05, 0) is 24.3 Å². The molecular formula is C13H13ClO3S. The van der Waals surface area contributed by atoms with Crippen molar-refractivity contribution in [3.8, 4) is 5.75 Å². The van der Waals surface area contributed by atoms with E-state index in [0.717, 1.165) is 11.5 Å². The van der Waals surface area contributed by atoms with E-state index >= 15 is 0 Å². The quantitative estimate of drug-likeness (QED) is 0.483. The predicted octanol–water partition coefficient (Wildman–Crippen LogP) is 3.09. The molecule has 1 aliphatic rings. The van der Waals surface area contributed by atoms with Crippen molar-refractivity contribution < 1.29 is 14.3 Å². The fraction of sp³-hybridized carbons (Fsp3) is 0.308. The number of carbonyl (C=O) groups is 1. The average Bonchev–Trinajstić information content (AvgIpc) is 2.86. The summed E-state index contributed by atoms with van der Waals surface area (Å²) in [5, 5.41) is 0.640. The molecule has 18 heavy (non-hydrogen) atoms. The molecule has 1 fully saturated rings. The first-order valence-electron chi connectivity index (χ1n) is 5.48. The van der Waals surface area contributed by atoms with Gasteiger partial charge in [0.25, 0.3) is 0 Å². The summed E-state index contributed by atoms with van der Waals surface area (Å²) < 4.78 is 10.5. The van der Waals surface area contributed by atoms with Crippen LogP contribution in [0.25, 0.3) is 0 Å². The molecule has 1 unspecified atom stereocenters. The van der Waals surface area contributed by atoms with Crippen molar-refractivity contribution in [2.75, 3.05) is 18.7 Å². The van der Waals surface area contributed by atoms with E-state index in [4.69, 9.17) is 21.1 Å². The largest absolute Gasteiger partial charge is 0.497 e. The number of hydrogen-bond donors (Lipinski definition) is 0. The van der Waals surface area contributed by atoms with Gasteiger partial charge < -0.3 is 9.47 Å². The molecule has 0 bridgehead atoms. The van der Waals surface area contributed by atoms with Crippen molar-refractivity contribution in [3.05, 3.63) is 41.0 Å². The number of thioether (sulfide) groups is 1. The Bertz CT molecular complexity index is 456. The number of halogens is 1. The Labute approximate surface area is 115 Å². The zero-order chi connectivity index (χ0) is 13.0. The smallest absolute Gasteiger partial charge is 0.190 e. The van der Waals surface area contributed by atoms with E-state index in [1.54, 1.807) is 31.4 Å². The Morgan fingerprint density at radius 1 is 1.56 bits per heavy atom. The summed E-state index contributed by atoms with van der Waals surface area (Å²) in [6.45, 7) is 0. The summed E-state index contributed by atoms with van der Waals surface area (Å²) in [7, 11) is 1.59. The number of rotatable bonds is 4. The minimum atomic E-state index is -0.0737. The molecule has 0 aromatic heterocycles. The van der Waals surface area contributed by atoms with E-state index < -0.39 is 0 Å². The molecule has 0 amide bonds. The normalized spacial score (nSPS) is 20.8. The van der Waals surface area contributed by atoms with Gasteiger partial charge in [0.2, 0.25) is 0 Å². The third-order valence-corrected chi connectivity index (χ3v) is 3.87. The highest BCUT2D eigenvalue weighted by Gasteiger charge is 2.21. The van der Waals surface area contributed by atoms with Gasteiger partial charge in [0.15, 0.2) is 10.9 Å². The molecule has 5 heteroatoms. The highest BCUT2D eigenvalue weighted by atomic mass is 35.5. The van der Waals surface area contributed by atoms with Gasteiger partial charge in [-0.1, -0.05) is 11.8 Å². The second-order valence-electron chi connectivity index (χ2n) is 3.76. The zero-order valence-corrected chi connectivity index (χ0v) is 11.5. The number of benzene rings is 1. The molecule has 0 N–H and O–H groups in total. The van der Waals surface area contributed by atoms with Crippen LogP contribution in [0.4, 0.5) is 0 Å². The van der Waals surface area contributed by atoms with Crippen LogP contribution in [0.15, 0.2) is 35.4 Å². The van der Waals surface area contributed by atoms with Gasteiger partial charge in [-0.3, -0.25) is 4.79 Å². The first-order chi connectivity index (χ1) is 8.72. The maximum Gasteiger partial charge on any atom is 0.190 e. The van der Waals surface area contributed by atoms with Crippen LogP contribution >= 0.6 is 23.4 Å². The summed E-state index contributed by atoms with van der Waals surface area (Å²) in [5.74, 6) is 1.90. The third kappa shape index (κ3) is 3.21. The van der Waals surface area contributed by atoms with E-state index in [9.17, 15) is 4.79 Å². The van der Waals surface area contributed by atoms with Gasteiger partial charge in [0.1, 0.15) is 11.9 Å². The maximum atomic E-state index is 12.0. The fourth-order valence-electron chi connectivity index (χ4n) is 1.50. The van der Waals surface area contributed by atoms with Crippen molar-refractivity contribution in [1.82, 2.24) is 0 Å². The molecule has 96 valence electrons. The number of allylic oxidation sites excluding steroid dienone is 1. The molecule has 0 aliphatic carbocycles. The van der Waals surface area contributed by atoms with Crippen LogP contribution in [0.1, 0.15) is 10.4 Å². The van der Waals surface area contributed by atoms with Crippen molar-refractivity contribution >= 4 is 29.1 Å². The second kappa shape index (κ2) is 6.16. The molecule has 0 saturated carbocycles. The molecule has 1 aromatic carbocycles. The van der Waals surface area contributed by atoms with Gasteiger partial charge in [0, 0.05) is 17.4 Å². The Morgan fingerprint density at radius 2 is 2.28 bits per heavy atom. The van der Waals surface area contributed by atoms with Gasteiger partial charge in [-0.2, -0.15) is 0 Å². The van der Waals surface area contributed by atoms with Gasteiger partial charge in [-0.15, -0.1) is 11.6 Å². The minimum absolute atomic E-state index is 0.00610. The number of ketones is 1. The molecule has 1 aliphatic heterocycles. The lowest BCUT2D eigenvalue weighted by molar-refractivity contribution is 0.103. The number of carbonyl (C=O) groups excluding carboxylic acids is 1. The molecule has 1 atom stereocenters. The van der Waals surface area contributed by atoms with Crippen molar-refractivity contribution in [1.29, 1.82) is 0 Å². The highest BCUT2D eigenvalue weighted by molar-refractivity contribution is 8.03. The molecule has 2 rings (SSSR count). The Hall–Kier alpha value is -1.13. The van der Waals surface area contributed by atoms with E-state index in [-0.39, 0.29) is 11.9 Å². The van der Waals surface area contributed by atoms with E-state index in [1.165, 1.54) is 17.8 Å². The molecule has 3 nitrogen and oxygen atoms in total. The molecule has 1 aromatic rings. The van der Waals surface area contributed by atoms with Crippen LogP contribution in [-0.4, -0.2) is 30.6 Å². The van der Waals surface area contributed by atoms with Crippen molar-refractivity contribution in [2.24, 2.45) is 0 Å². The number of hydrogen-bond acceptors (Lipinski definition) is 4. The first-order valence-corrected chi connectivity index (χ1v) is 7.00. The summed E-state index contributed by atoms with van der Waals surface area (Å²) >= 11 is 7.21. The standard InChI is InChI=1S/C13H13ClO3S/c1-16-10-4-2-9(3-5-10)12(15)6-13-17-11(7-14)8-18-13/h2-6,11H,7-8H2,1H3/b13-6-. The Balaban J connectivity index is 2.05. The van der Waals surface area contributed by atoms with Crippen LogP contribution < -0.4 is 4.74 Å². The van der Waals surface area contributed by atoms with Crippen molar-refractivity contribution in [3.63, 3.8) is 0 Å². The molecule has 1 saturated heterocycles. The lowest BCUT2D eigenvalue weighted by Crippen LogP contribution is -2.09. The summed E-state index contributed by atoms with van der Waals surface area (Å²) in [5.41, 5.74) is 0.613. The monoisotopic (exact) mass is 284 g/mol. The van der Waals surface area contributed by atoms with Gasteiger partial charge >= 0.3 is 0 Å². The van der Waals surface area contributed by atoms with E-state index in [2.05, 4.69) is 0 Å². The van der Waals surface area contributed by atoms with Crippen LogP contribution in [0.5, 0.6) is 5.75 Å².